The van der Waals surface area contributed by atoms with Crippen LogP contribution >= 0.6 is 45.2 Å². The number of fused-ring (bicyclic) bond motifs is 2. The molecular weight excluding hydrogens is 623 g/mol. The number of carbonyl (C=O) groups excluding carboxylic acids is 1. The van der Waals surface area contributed by atoms with Gasteiger partial charge in [0.1, 0.15) is 5.67 Å². The highest BCUT2D eigenvalue weighted by molar-refractivity contribution is 14.1. The molecule has 2 aliphatic rings. The van der Waals surface area contributed by atoms with Crippen LogP contribution in [0.2, 0.25) is 0 Å². The topological polar surface area (TPSA) is 49.8 Å². The molecule has 2 aromatic carbocycles. The van der Waals surface area contributed by atoms with Crippen molar-refractivity contribution in [3.63, 3.8) is 0 Å². The molecule has 0 aromatic heterocycles. The van der Waals surface area contributed by atoms with E-state index in [-0.39, 0.29) is 18.4 Å². The van der Waals surface area contributed by atoms with E-state index < -0.39 is 23.3 Å². The number of aliphatic hydroxyl groups is 1. The average Bonchev–Trinajstić information content (AvgIpc) is 3.11. The van der Waals surface area contributed by atoms with E-state index in [0.29, 0.717) is 13.0 Å². The lowest BCUT2D eigenvalue weighted by Gasteiger charge is -2.32. The summed E-state index contributed by atoms with van der Waals surface area (Å²) in [6.45, 7) is 5.31. The van der Waals surface area contributed by atoms with E-state index in [1.54, 1.807) is 18.7 Å². The highest BCUT2D eigenvalue weighted by Gasteiger charge is 2.66. The molecule has 2 aromatic rings. The first kappa shape index (κ1) is 23.4. The molecule has 1 saturated heterocycles. The molecule has 7 heteroatoms. The van der Waals surface area contributed by atoms with Crippen LogP contribution in [0.4, 0.5) is 10.1 Å². The van der Waals surface area contributed by atoms with Gasteiger partial charge in [-0.3, -0.25) is 4.79 Å². The number of rotatable bonds is 5. The van der Waals surface area contributed by atoms with Gasteiger partial charge in [-0.25, -0.2) is 4.39 Å². The number of halogens is 3. The fraction of sp³-hybridized carbons (Fsp3) is 0.458. The Bertz CT molecular complexity index is 991. The van der Waals surface area contributed by atoms with E-state index in [0.717, 1.165) is 24.0 Å². The van der Waals surface area contributed by atoms with Crippen molar-refractivity contribution >= 4 is 56.8 Å². The van der Waals surface area contributed by atoms with Crippen LogP contribution in [0.3, 0.4) is 0 Å². The lowest BCUT2D eigenvalue weighted by atomic mass is 9.71. The molecule has 4 nitrogen and oxygen atoms in total. The second kappa shape index (κ2) is 8.53. The summed E-state index contributed by atoms with van der Waals surface area (Å²) in [6.07, 6.45) is -0.235. The predicted molar refractivity (Wildman–Crippen MR) is 136 cm³/mol. The summed E-state index contributed by atoms with van der Waals surface area (Å²) in [6, 6.07) is 14.0. The normalized spacial score (nSPS) is 27.9. The summed E-state index contributed by atoms with van der Waals surface area (Å²) in [5, 5.41) is 9.60. The second-order valence-corrected chi connectivity index (χ2v) is 11.5. The number of benzene rings is 2. The van der Waals surface area contributed by atoms with E-state index in [2.05, 4.69) is 45.2 Å². The van der Waals surface area contributed by atoms with Gasteiger partial charge in [-0.15, -0.1) is 0 Å². The molecule has 0 unspecified atom stereocenters. The van der Waals surface area contributed by atoms with Crippen molar-refractivity contribution in [1.29, 1.82) is 0 Å². The largest absolute Gasteiger partial charge is 0.396 e. The molecule has 1 spiro atoms. The fourth-order valence-electron chi connectivity index (χ4n) is 5.35. The van der Waals surface area contributed by atoms with Crippen LogP contribution in [0.5, 0.6) is 0 Å². The Morgan fingerprint density at radius 2 is 1.81 bits per heavy atom. The van der Waals surface area contributed by atoms with Crippen molar-refractivity contribution in [2.75, 3.05) is 11.5 Å². The molecule has 0 radical (unpaired) electrons. The minimum Gasteiger partial charge on any atom is -0.396 e. The number of amides is 1. The van der Waals surface area contributed by atoms with Gasteiger partial charge >= 0.3 is 0 Å². The van der Waals surface area contributed by atoms with Crippen molar-refractivity contribution in [3.05, 3.63) is 60.7 Å². The van der Waals surface area contributed by atoms with Crippen LogP contribution < -0.4 is 4.90 Å². The molecule has 2 heterocycles. The number of aliphatic hydroxyl groups excluding tert-OH is 1. The quantitative estimate of drug-likeness (QED) is 0.441. The van der Waals surface area contributed by atoms with Crippen molar-refractivity contribution in [2.45, 2.75) is 51.1 Å². The third-order valence-electron chi connectivity index (χ3n) is 6.59. The minimum absolute atomic E-state index is 0.111. The van der Waals surface area contributed by atoms with Gasteiger partial charge in [0.25, 0.3) is 5.91 Å². The molecule has 1 amide bonds. The molecular formula is C24H26FI2NO3. The SMILES string of the molecule is C[C@@H]1[C@@H](C(C)(C)F)[C@H](CCO)O[C@@]12C(=O)N(Cc1ccc(I)cc1)c1ccc(I)cc12. The van der Waals surface area contributed by atoms with Crippen molar-refractivity contribution in [1.82, 2.24) is 0 Å². The fourth-order valence-corrected chi connectivity index (χ4v) is 6.20. The zero-order chi connectivity index (χ0) is 22.6. The highest BCUT2D eigenvalue weighted by Crippen LogP contribution is 2.58. The lowest BCUT2D eigenvalue weighted by molar-refractivity contribution is -0.146. The molecule has 1 N–H and O–H groups in total. The van der Waals surface area contributed by atoms with Gasteiger partial charge < -0.3 is 14.7 Å². The summed E-state index contributed by atoms with van der Waals surface area (Å²) < 4.78 is 23.9. The zero-order valence-electron chi connectivity index (χ0n) is 17.7. The molecule has 0 saturated carbocycles. The van der Waals surface area contributed by atoms with E-state index in [1.165, 1.54) is 0 Å². The average molecular weight is 649 g/mol. The standard InChI is InChI=1S/C24H26FI2NO3/c1-14-21(23(2,3)25)20(10-11-29)31-24(14)18-12-17(27)8-9-19(18)28(22(24)30)13-15-4-6-16(26)7-5-15/h4-9,12,14,20-21,29H,10-11,13H2,1-3H3/t14-,20+,21-,24+/m1/s1. The van der Waals surface area contributed by atoms with Crippen LogP contribution in [-0.2, 0) is 21.7 Å². The van der Waals surface area contributed by atoms with Gasteiger partial charge in [-0.1, -0.05) is 19.1 Å². The maximum Gasteiger partial charge on any atom is 0.264 e. The third kappa shape index (κ3) is 3.93. The van der Waals surface area contributed by atoms with Gasteiger partial charge in [0.2, 0.25) is 0 Å². The van der Waals surface area contributed by atoms with Gasteiger partial charge in [0, 0.05) is 31.1 Å². The maximum atomic E-state index is 15.3. The van der Waals surface area contributed by atoms with E-state index in [4.69, 9.17) is 4.74 Å². The van der Waals surface area contributed by atoms with Crippen molar-refractivity contribution in [2.24, 2.45) is 11.8 Å². The summed E-state index contributed by atoms with van der Waals surface area (Å²) in [4.78, 5) is 15.8. The molecule has 0 bridgehead atoms. The zero-order valence-corrected chi connectivity index (χ0v) is 22.1. The Balaban J connectivity index is 1.82. The molecule has 0 aliphatic carbocycles. The number of hydrogen-bond donors (Lipinski definition) is 1. The molecule has 31 heavy (non-hydrogen) atoms. The highest BCUT2D eigenvalue weighted by atomic mass is 127. The Morgan fingerprint density at radius 3 is 2.42 bits per heavy atom. The van der Waals surface area contributed by atoms with E-state index >= 15 is 4.39 Å². The Morgan fingerprint density at radius 1 is 1.16 bits per heavy atom. The maximum absolute atomic E-state index is 15.3. The predicted octanol–water partition coefficient (Wildman–Crippen LogP) is 5.42. The van der Waals surface area contributed by atoms with Crippen LogP contribution in [0.25, 0.3) is 0 Å². The van der Waals surface area contributed by atoms with Gasteiger partial charge in [0.05, 0.1) is 18.3 Å². The van der Waals surface area contributed by atoms with Gasteiger partial charge in [0.15, 0.2) is 5.60 Å². The van der Waals surface area contributed by atoms with E-state index in [9.17, 15) is 9.90 Å². The molecule has 4 atom stereocenters. The Hall–Kier alpha value is -0.780. The number of carbonyl (C=O) groups is 1. The number of hydrogen-bond acceptors (Lipinski definition) is 3. The molecule has 2 aliphatic heterocycles. The van der Waals surface area contributed by atoms with Crippen LogP contribution in [-0.4, -0.2) is 29.4 Å². The second-order valence-electron chi connectivity index (χ2n) is 8.96. The minimum atomic E-state index is -1.55. The van der Waals surface area contributed by atoms with Gasteiger partial charge in [-0.2, -0.15) is 0 Å². The van der Waals surface area contributed by atoms with Crippen LogP contribution in [0, 0.1) is 19.0 Å². The smallest absolute Gasteiger partial charge is 0.264 e. The molecule has 166 valence electrons. The first-order valence-electron chi connectivity index (χ1n) is 10.4. The number of nitrogens with zero attached hydrogens (tertiary/aromatic N) is 1. The van der Waals surface area contributed by atoms with Crippen LogP contribution in [0.15, 0.2) is 42.5 Å². The van der Waals surface area contributed by atoms with Crippen molar-refractivity contribution in [3.8, 4) is 0 Å². The lowest BCUT2D eigenvalue weighted by Crippen LogP contribution is -2.45. The van der Waals surface area contributed by atoms with Crippen LogP contribution in [0.1, 0.15) is 38.3 Å². The summed E-state index contributed by atoms with van der Waals surface area (Å²) in [5.74, 6) is -1.03. The third-order valence-corrected chi connectivity index (χ3v) is 7.98. The Kier molecular flexibility index (Phi) is 6.44. The summed E-state index contributed by atoms with van der Waals surface area (Å²) in [7, 11) is 0. The summed E-state index contributed by atoms with van der Waals surface area (Å²) >= 11 is 4.49. The molecule has 1 fully saturated rings. The summed E-state index contributed by atoms with van der Waals surface area (Å²) in [5.41, 5.74) is -0.148. The van der Waals surface area contributed by atoms with E-state index in [1.807, 2.05) is 49.4 Å². The Labute approximate surface area is 209 Å². The first-order chi connectivity index (χ1) is 14.6. The number of ether oxygens (including phenoxy) is 1. The number of anilines is 1. The first-order valence-corrected chi connectivity index (χ1v) is 12.6. The monoisotopic (exact) mass is 649 g/mol. The number of alkyl halides is 1. The molecule has 4 rings (SSSR count). The van der Waals surface area contributed by atoms with Crippen molar-refractivity contribution < 1.29 is 19.0 Å². The van der Waals surface area contributed by atoms with Gasteiger partial charge in [-0.05, 0) is 101 Å².